The van der Waals surface area contributed by atoms with Gasteiger partial charge in [-0.3, -0.25) is 19.2 Å². The Hall–Kier alpha value is -1.92. The van der Waals surface area contributed by atoms with E-state index in [2.05, 4.69) is 0 Å². The van der Waals surface area contributed by atoms with Crippen molar-refractivity contribution in [2.24, 2.45) is 5.41 Å². The fourth-order valence-electron chi connectivity index (χ4n) is 1.93. The quantitative estimate of drug-likeness (QED) is 0.502. The first-order valence-electron chi connectivity index (χ1n) is 7.00. The molecule has 0 aromatic carbocycles. The van der Waals surface area contributed by atoms with Gasteiger partial charge in [0, 0.05) is 6.54 Å². The number of hydrogen-bond acceptors (Lipinski definition) is 5. The van der Waals surface area contributed by atoms with Gasteiger partial charge in [-0.05, 0) is 27.7 Å². The number of likely N-dealkylation sites (N-methyl/N-ethyl adjacent to an activating group) is 1. The van der Waals surface area contributed by atoms with Crippen molar-refractivity contribution >= 4 is 23.6 Å². The number of amides is 2. The van der Waals surface area contributed by atoms with Crippen molar-refractivity contribution in [2.45, 2.75) is 27.7 Å². The van der Waals surface area contributed by atoms with E-state index in [4.69, 9.17) is 4.74 Å². The molecule has 1 saturated heterocycles. The molecule has 0 radical (unpaired) electrons. The molecule has 0 bridgehead atoms. The predicted octanol–water partition coefficient (Wildman–Crippen LogP) is -0.164. The number of ketones is 1. The molecule has 0 N–H and O–H groups in total. The van der Waals surface area contributed by atoms with Gasteiger partial charge in [0.15, 0.2) is 5.78 Å². The Morgan fingerprint density at radius 1 is 1.10 bits per heavy atom. The molecule has 1 aliphatic rings. The molecule has 1 aliphatic heterocycles. The summed E-state index contributed by atoms with van der Waals surface area (Å²) in [6.45, 7) is 6.60. The van der Waals surface area contributed by atoms with Crippen molar-refractivity contribution in [1.29, 1.82) is 0 Å². The molecule has 0 aromatic heterocycles. The average molecular weight is 298 g/mol. The highest BCUT2D eigenvalue weighted by molar-refractivity contribution is 6.05. The smallest absolute Gasteiger partial charge is 0.319 e. The number of carbonyl (C=O) groups is 4. The van der Waals surface area contributed by atoms with Gasteiger partial charge in [-0.1, -0.05) is 0 Å². The normalized spacial score (nSPS) is 16.2. The van der Waals surface area contributed by atoms with Gasteiger partial charge >= 0.3 is 5.97 Å². The van der Waals surface area contributed by atoms with Crippen molar-refractivity contribution < 1.29 is 23.9 Å². The van der Waals surface area contributed by atoms with Crippen molar-refractivity contribution in [3.8, 4) is 0 Å². The Balaban J connectivity index is 2.72. The summed E-state index contributed by atoms with van der Waals surface area (Å²) in [5.41, 5.74) is -1.33. The average Bonchev–Trinajstić information content (AvgIpc) is 2.42. The van der Waals surface area contributed by atoms with Crippen LogP contribution in [0.25, 0.3) is 0 Å². The summed E-state index contributed by atoms with van der Waals surface area (Å²) in [6.07, 6.45) is 0. The summed E-state index contributed by atoms with van der Waals surface area (Å²) < 4.78 is 4.86. The van der Waals surface area contributed by atoms with Crippen LogP contribution in [0.1, 0.15) is 27.7 Å². The number of carbonyl (C=O) groups excluding carboxylic acids is 4. The Kier molecular flexibility index (Phi) is 5.46. The van der Waals surface area contributed by atoms with Crippen LogP contribution in [0.2, 0.25) is 0 Å². The molecule has 0 unspecified atom stereocenters. The third-order valence-corrected chi connectivity index (χ3v) is 3.56. The van der Waals surface area contributed by atoms with Gasteiger partial charge in [-0.2, -0.15) is 0 Å². The topological polar surface area (TPSA) is 84.0 Å². The van der Waals surface area contributed by atoms with E-state index in [9.17, 15) is 19.2 Å². The fourth-order valence-corrected chi connectivity index (χ4v) is 1.93. The lowest BCUT2D eigenvalue weighted by molar-refractivity contribution is -0.160. The lowest BCUT2D eigenvalue weighted by Gasteiger charge is -2.34. The SMILES string of the molecule is CCOC(=O)C(C)(C)C(=O)CN1CC(=O)N(CC)CC1=O. The molecule has 0 aliphatic carbocycles. The van der Waals surface area contributed by atoms with Crippen LogP contribution in [-0.2, 0) is 23.9 Å². The molecule has 0 atom stereocenters. The number of esters is 1. The minimum absolute atomic E-state index is 0.0253. The molecular formula is C14H22N2O5. The first-order valence-corrected chi connectivity index (χ1v) is 7.00. The first-order chi connectivity index (χ1) is 9.73. The first kappa shape index (κ1) is 17.1. The van der Waals surface area contributed by atoms with Crippen LogP contribution in [0.5, 0.6) is 0 Å². The fraction of sp³-hybridized carbons (Fsp3) is 0.714. The lowest BCUT2D eigenvalue weighted by atomic mass is 9.87. The van der Waals surface area contributed by atoms with E-state index < -0.39 is 17.2 Å². The highest BCUT2D eigenvalue weighted by Gasteiger charge is 2.40. The van der Waals surface area contributed by atoms with Gasteiger partial charge in [-0.25, -0.2) is 0 Å². The maximum atomic E-state index is 12.2. The van der Waals surface area contributed by atoms with E-state index in [0.29, 0.717) is 6.54 Å². The summed E-state index contributed by atoms with van der Waals surface area (Å²) in [7, 11) is 0. The van der Waals surface area contributed by atoms with E-state index in [1.807, 2.05) is 0 Å². The zero-order chi connectivity index (χ0) is 16.2. The van der Waals surface area contributed by atoms with Crippen LogP contribution in [0.3, 0.4) is 0 Å². The molecule has 0 spiro atoms. The minimum atomic E-state index is -1.33. The van der Waals surface area contributed by atoms with E-state index in [1.165, 1.54) is 23.6 Å². The monoisotopic (exact) mass is 298 g/mol. The molecule has 1 heterocycles. The number of ether oxygens (including phenoxy) is 1. The van der Waals surface area contributed by atoms with Gasteiger partial charge < -0.3 is 14.5 Å². The Morgan fingerprint density at radius 3 is 2.14 bits per heavy atom. The summed E-state index contributed by atoms with van der Waals surface area (Å²) in [5, 5.41) is 0. The Morgan fingerprint density at radius 2 is 1.62 bits per heavy atom. The van der Waals surface area contributed by atoms with E-state index in [-0.39, 0.29) is 38.1 Å². The van der Waals surface area contributed by atoms with Gasteiger partial charge in [0.2, 0.25) is 11.8 Å². The maximum Gasteiger partial charge on any atom is 0.319 e. The van der Waals surface area contributed by atoms with Crippen LogP contribution in [0.15, 0.2) is 0 Å². The molecule has 7 nitrogen and oxygen atoms in total. The highest BCUT2D eigenvalue weighted by atomic mass is 16.5. The van der Waals surface area contributed by atoms with Crippen LogP contribution in [0.4, 0.5) is 0 Å². The Labute approximate surface area is 124 Å². The molecule has 1 fully saturated rings. The van der Waals surface area contributed by atoms with Crippen molar-refractivity contribution in [1.82, 2.24) is 9.80 Å². The zero-order valence-electron chi connectivity index (χ0n) is 13.0. The van der Waals surface area contributed by atoms with Gasteiger partial charge in [0.25, 0.3) is 0 Å². The second-order valence-corrected chi connectivity index (χ2v) is 5.43. The zero-order valence-corrected chi connectivity index (χ0v) is 13.0. The van der Waals surface area contributed by atoms with Gasteiger partial charge in [0.05, 0.1) is 19.7 Å². The summed E-state index contributed by atoms with van der Waals surface area (Å²) in [6, 6.07) is 0. The molecule has 1 rings (SSSR count). The largest absolute Gasteiger partial charge is 0.465 e. The molecular weight excluding hydrogens is 276 g/mol. The lowest BCUT2D eigenvalue weighted by Crippen LogP contribution is -2.56. The molecule has 118 valence electrons. The van der Waals surface area contributed by atoms with Crippen LogP contribution >= 0.6 is 0 Å². The number of hydrogen-bond donors (Lipinski definition) is 0. The van der Waals surface area contributed by atoms with Crippen molar-refractivity contribution in [2.75, 3.05) is 32.8 Å². The number of rotatable bonds is 6. The van der Waals surface area contributed by atoms with E-state index in [0.717, 1.165) is 0 Å². The van der Waals surface area contributed by atoms with E-state index in [1.54, 1.807) is 13.8 Å². The van der Waals surface area contributed by atoms with Crippen LogP contribution < -0.4 is 0 Å². The van der Waals surface area contributed by atoms with Crippen LogP contribution in [-0.4, -0.2) is 66.2 Å². The minimum Gasteiger partial charge on any atom is -0.465 e. The molecule has 2 amide bonds. The Bertz CT molecular complexity index is 458. The highest BCUT2D eigenvalue weighted by Crippen LogP contribution is 2.20. The number of piperazine rings is 1. The standard InChI is InChI=1S/C14H22N2O5/c1-5-15-8-12(19)16(9-11(15)18)7-10(17)14(3,4)13(20)21-6-2/h5-9H2,1-4H3. The predicted molar refractivity (Wildman–Crippen MR) is 74.3 cm³/mol. The summed E-state index contributed by atoms with van der Waals surface area (Å²) in [5.74, 6) is -1.55. The summed E-state index contributed by atoms with van der Waals surface area (Å²) in [4.78, 5) is 50.3. The second-order valence-electron chi connectivity index (χ2n) is 5.43. The second kappa shape index (κ2) is 6.69. The number of nitrogens with zero attached hydrogens (tertiary/aromatic N) is 2. The maximum absolute atomic E-state index is 12.2. The molecule has 0 saturated carbocycles. The van der Waals surface area contributed by atoms with Crippen LogP contribution in [0, 0.1) is 5.41 Å². The number of Topliss-reactive ketones (excluding diaryl/α,β-unsaturated/α-hetero) is 1. The van der Waals surface area contributed by atoms with E-state index >= 15 is 0 Å². The van der Waals surface area contributed by atoms with Crippen molar-refractivity contribution in [3.05, 3.63) is 0 Å². The third kappa shape index (κ3) is 3.80. The molecule has 7 heteroatoms. The molecule has 21 heavy (non-hydrogen) atoms. The van der Waals surface area contributed by atoms with Gasteiger partial charge in [0.1, 0.15) is 12.0 Å². The van der Waals surface area contributed by atoms with Crippen molar-refractivity contribution in [3.63, 3.8) is 0 Å². The molecule has 0 aromatic rings. The van der Waals surface area contributed by atoms with Gasteiger partial charge in [-0.15, -0.1) is 0 Å². The summed E-state index contributed by atoms with van der Waals surface area (Å²) >= 11 is 0. The third-order valence-electron chi connectivity index (χ3n) is 3.56.